The summed E-state index contributed by atoms with van der Waals surface area (Å²) in [5, 5.41) is 7.36. The second-order valence-corrected chi connectivity index (χ2v) is 7.02. The van der Waals surface area contributed by atoms with Crippen molar-refractivity contribution in [2.45, 2.75) is 6.61 Å². The maximum atomic E-state index is 11.9. The molecule has 0 bridgehead atoms. The molecule has 0 saturated carbocycles. The van der Waals surface area contributed by atoms with Gasteiger partial charge in [0.1, 0.15) is 12.4 Å². The molecule has 30 heavy (non-hydrogen) atoms. The van der Waals surface area contributed by atoms with Gasteiger partial charge in [0, 0.05) is 15.7 Å². The van der Waals surface area contributed by atoms with Crippen LogP contribution in [-0.2, 0) is 16.2 Å². The van der Waals surface area contributed by atoms with Crippen LogP contribution >= 0.6 is 23.2 Å². The van der Waals surface area contributed by atoms with E-state index in [-0.39, 0.29) is 0 Å². The van der Waals surface area contributed by atoms with Crippen molar-refractivity contribution in [2.24, 2.45) is 5.10 Å². The summed E-state index contributed by atoms with van der Waals surface area (Å²) in [6, 6.07) is 21.0. The minimum atomic E-state index is -0.902. The molecule has 2 amide bonds. The molecule has 0 heterocycles. The number of nitrogens with one attached hydrogen (secondary N) is 2. The van der Waals surface area contributed by atoms with Crippen molar-refractivity contribution >= 4 is 46.9 Å². The van der Waals surface area contributed by atoms with Crippen molar-refractivity contribution in [1.82, 2.24) is 5.43 Å². The Morgan fingerprint density at radius 3 is 2.43 bits per heavy atom. The first-order valence-electron chi connectivity index (χ1n) is 8.87. The Balaban J connectivity index is 1.51. The van der Waals surface area contributed by atoms with E-state index in [1.54, 1.807) is 48.5 Å². The summed E-state index contributed by atoms with van der Waals surface area (Å²) < 4.78 is 5.75. The number of nitrogens with zero attached hydrogens (tertiary/aromatic N) is 1. The van der Waals surface area contributed by atoms with Crippen molar-refractivity contribution in [3.05, 3.63) is 94.0 Å². The molecule has 0 radical (unpaired) electrons. The number of anilines is 1. The summed E-state index contributed by atoms with van der Waals surface area (Å²) in [6.45, 7) is 0.387. The van der Waals surface area contributed by atoms with Crippen LogP contribution in [0, 0.1) is 0 Å². The van der Waals surface area contributed by atoms with Crippen LogP contribution in [0.3, 0.4) is 0 Å². The van der Waals surface area contributed by atoms with E-state index in [9.17, 15) is 9.59 Å². The van der Waals surface area contributed by atoms with Crippen molar-refractivity contribution < 1.29 is 14.3 Å². The lowest BCUT2D eigenvalue weighted by atomic mass is 10.2. The average molecular weight is 442 g/mol. The van der Waals surface area contributed by atoms with Crippen LogP contribution < -0.4 is 15.5 Å². The third-order valence-electron chi connectivity index (χ3n) is 3.85. The summed E-state index contributed by atoms with van der Waals surface area (Å²) in [7, 11) is 0. The van der Waals surface area contributed by atoms with Crippen LogP contribution in [0.1, 0.15) is 11.1 Å². The Kier molecular flexibility index (Phi) is 7.43. The maximum absolute atomic E-state index is 11.9. The normalized spacial score (nSPS) is 10.6. The van der Waals surface area contributed by atoms with Gasteiger partial charge in [-0.25, -0.2) is 5.43 Å². The number of ether oxygens (including phenoxy) is 1. The highest BCUT2D eigenvalue weighted by Crippen LogP contribution is 2.16. The summed E-state index contributed by atoms with van der Waals surface area (Å²) in [4.78, 5) is 23.8. The van der Waals surface area contributed by atoms with Crippen LogP contribution in [-0.4, -0.2) is 18.0 Å². The van der Waals surface area contributed by atoms with Gasteiger partial charge in [-0.05, 0) is 53.6 Å². The predicted octanol–water partition coefficient (Wildman–Crippen LogP) is 4.66. The molecule has 0 saturated heterocycles. The molecule has 6 nitrogen and oxygen atoms in total. The number of benzene rings is 3. The highest BCUT2D eigenvalue weighted by atomic mass is 35.5. The largest absolute Gasteiger partial charge is 0.489 e. The second-order valence-electron chi connectivity index (χ2n) is 6.15. The van der Waals surface area contributed by atoms with Crippen molar-refractivity contribution in [1.29, 1.82) is 0 Å². The smallest absolute Gasteiger partial charge is 0.329 e. The van der Waals surface area contributed by atoms with Crippen LogP contribution in [0.5, 0.6) is 5.75 Å². The molecule has 3 aromatic rings. The van der Waals surface area contributed by atoms with Crippen LogP contribution in [0.2, 0.25) is 10.0 Å². The van der Waals surface area contributed by atoms with Gasteiger partial charge in [-0.3, -0.25) is 9.59 Å². The van der Waals surface area contributed by atoms with Gasteiger partial charge < -0.3 is 10.1 Å². The number of carbonyl (C=O) groups excluding carboxylic acids is 2. The third kappa shape index (κ3) is 6.62. The van der Waals surface area contributed by atoms with Crippen LogP contribution in [0.15, 0.2) is 77.9 Å². The summed E-state index contributed by atoms with van der Waals surface area (Å²) in [5.74, 6) is -1.12. The minimum Gasteiger partial charge on any atom is -0.489 e. The summed E-state index contributed by atoms with van der Waals surface area (Å²) >= 11 is 11.7. The van der Waals surface area contributed by atoms with E-state index in [0.717, 1.165) is 5.56 Å². The molecule has 3 rings (SSSR count). The fourth-order valence-electron chi connectivity index (χ4n) is 2.40. The van der Waals surface area contributed by atoms with E-state index in [1.807, 2.05) is 18.2 Å². The Hall–Kier alpha value is -3.35. The molecule has 0 atom stereocenters. The van der Waals surface area contributed by atoms with E-state index >= 15 is 0 Å². The Labute approximate surface area is 183 Å². The van der Waals surface area contributed by atoms with Crippen molar-refractivity contribution in [3.8, 4) is 5.75 Å². The zero-order valence-electron chi connectivity index (χ0n) is 15.6. The SMILES string of the molecule is O=C(N/N=C\c1cccc(OCc2ccc(Cl)cc2)c1)C(=O)Nc1cccc(Cl)c1. The molecule has 0 aliphatic heterocycles. The van der Waals surface area contributed by atoms with Gasteiger partial charge in [0.25, 0.3) is 0 Å². The number of halogens is 2. The Morgan fingerprint density at radius 1 is 0.900 bits per heavy atom. The van der Waals surface area contributed by atoms with E-state index < -0.39 is 11.8 Å². The second kappa shape index (κ2) is 10.4. The van der Waals surface area contributed by atoms with Crippen molar-refractivity contribution in [3.63, 3.8) is 0 Å². The average Bonchev–Trinajstić information content (AvgIpc) is 2.73. The molecule has 152 valence electrons. The Bertz CT molecular complexity index is 1070. The van der Waals surface area contributed by atoms with E-state index in [4.69, 9.17) is 27.9 Å². The van der Waals surface area contributed by atoms with Gasteiger partial charge in [-0.15, -0.1) is 0 Å². The fraction of sp³-hybridized carbons (Fsp3) is 0.0455. The van der Waals surface area contributed by atoms with Gasteiger partial charge in [-0.1, -0.05) is 53.5 Å². The first-order valence-corrected chi connectivity index (χ1v) is 9.62. The molecule has 0 unspecified atom stereocenters. The predicted molar refractivity (Wildman–Crippen MR) is 118 cm³/mol. The molecule has 2 N–H and O–H groups in total. The fourth-order valence-corrected chi connectivity index (χ4v) is 2.72. The number of rotatable bonds is 6. The molecule has 0 aliphatic carbocycles. The van der Waals surface area contributed by atoms with Gasteiger partial charge in [0.2, 0.25) is 0 Å². The highest BCUT2D eigenvalue weighted by molar-refractivity contribution is 6.39. The summed E-state index contributed by atoms with van der Waals surface area (Å²) in [5.41, 5.74) is 4.27. The molecule has 8 heteroatoms. The number of hydrogen-bond donors (Lipinski definition) is 2. The van der Waals surface area contributed by atoms with E-state index in [0.29, 0.717) is 33.7 Å². The highest BCUT2D eigenvalue weighted by Gasteiger charge is 2.12. The van der Waals surface area contributed by atoms with E-state index in [2.05, 4.69) is 15.8 Å². The molecule has 3 aromatic carbocycles. The summed E-state index contributed by atoms with van der Waals surface area (Å²) in [6.07, 6.45) is 1.42. The van der Waals surface area contributed by atoms with Gasteiger partial charge in [0.15, 0.2) is 0 Å². The lowest BCUT2D eigenvalue weighted by Crippen LogP contribution is -2.32. The number of hydrazone groups is 1. The van der Waals surface area contributed by atoms with Crippen molar-refractivity contribution in [2.75, 3.05) is 5.32 Å². The first-order chi connectivity index (χ1) is 14.5. The molecule has 0 aliphatic rings. The van der Waals surface area contributed by atoms with Crippen LogP contribution in [0.4, 0.5) is 5.69 Å². The van der Waals surface area contributed by atoms with Gasteiger partial charge >= 0.3 is 11.8 Å². The maximum Gasteiger partial charge on any atom is 0.329 e. The first kappa shape index (κ1) is 21.4. The molecular weight excluding hydrogens is 425 g/mol. The topological polar surface area (TPSA) is 79.8 Å². The zero-order valence-corrected chi connectivity index (χ0v) is 17.2. The number of carbonyl (C=O) groups is 2. The van der Waals surface area contributed by atoms with Gasteiger partial charge in [0.05, 0.1) is 6.21 Å². The Morgan fingerprint density at radius 2 is 1.67 bits per heavy atom. The molecule has 0 aromatic heterocycles. The van der Waals surface area contributed by atoms with Gasteiger partial charge in [-0.2, -0.15) is 5.10 Å². The monoisotopic (exact) mass is 441 g/mol. The quantitative estimate of drug-likeness (QED) is 0.331. The standard InChI is InChI=1S/C22H17Cl2N3O3/c23-17-9-7-15(8-10-17)14-30-20-6-1-3-16(11-20)13-25-27-22(29)21(28)26-19-5-2-4-18(24)12-19/h1-13H,14H2,(H,26,28)(H,27,29)/b25-13-. The molecule has 0 spiro atoms. The molecular formula is C22H17Cl2N3O3. The minimum absolute atomic E-state index is 0.387. The van der Waals surface area contributed by atoms with Crippen LogP contribution in [0.25, 0.3) is 0 Å². The van der Waals surface area contributed by atoms with E-state index in [1.165, 1.54) is 12.3 Å². The lowest BCUT2D eigenvalue weighted by molar-refractivity contribution is -0.136. The third-order valence-corrected chi connectivity index (χ3v) is 4.33. The lowest BCUT2D eigenvalue weighted by Gasteiger charge is -2.07. The number of amides is 2. The number of hydrogen-bond acceptors (Lipinski definition) is 4. The molecule has 0 fully saturated rings. The zero-order chi connectivity index (χ0) is 21.3.